The van der Waals surface area contributed by atoms with Crippen molar-refractivity contribution in [1.82, 2.24) is 14.9 Å². The number of fused-ring (bicyclic) bond motifs is 1. The van der Waals surface area contributed by atoms with Crippen LogP contribution >= 0.6 is 0 Å². The molecule has 1 aromatic heterocycles. The number of piperidine rings is 1. The second-order valence-electron chi connectivity index (χ2n) is 9.89. The second-order valence-corrected chi connectivity index (χ2v) is 9.89. The van der Waals surface area contributed by atoms with Crippen molar-refractivity contribution in [2.24, 2.45) is 5.73 Å². The lowest BCUT2D eigenvalue weighted by molar-refractivity contribution is 0.177. The summed E-state index contributed by atoms with van der Waals surface area (Å²) in [4.78, 5) is 12.8. The summed E-state index contributed by atoms with van der Waals surface area (Å²) in [5.74, 6) is 3.40. The van der Waals surface area contributed by atoms with Crippen LogP contribution in [-0.2, 0) is 6.42 Å². The Morgan fingerprint density at radius 3 is 2.50 bits per heavy atom. The molecule has 2 aliphatic rings. The highest BCUT2D eigenvalue weighted by Crippen LogP contribution is 2.35. The number of likely N-dealkylation sites (tertiary alicyclic amines) is 1. The Bertz CT molecular complexity index is 885. The average Bonchev–Trinajstić information content (AvgIpc) is 2.83. The summed E-state index contributed by atoms with van der Waals surface area (Å²) < 4.78 is 5.75. The van der Waals surface area contributed by atoms with E-state index in [-0.39, 0.29) is 0 Å². The van der Waals surface area contributed by atoms with Crippen molar-refractivity contribution < 1.29 is 4.74 Å². The van der Waals surface area contributed by atoms with E-state index in [1.165, 1.54) is 37.7 Å². The Kier molecular flexibility index (Phi) is 7.84. The fourth-order valence-electron chi connectivity index (χ4n) is 5.30. The van der Waals surface area contributed by atoms with Crippen LogP contribution in [0.15, 0.2) is 12.1 Å². The van der Waals surface area contributed by atoms with Gasteiger partial charge in [-0.15, -0.1) is 0 Å². The van der Waals surface area contributed by atoms with Crippen LogP contribution in [0.1, 0.15) is 82.5 Å². The van der Waals surface area contributed by atoms with Gasteiger partial charge in [-0.05, 0) is 76.6 Å². The molecular weight excluding hydrogens is 398 g/mol. The number of rotatable bonds is 8. The van der Waals surface area contributed by atoms with Crippen molar-refractivity contribution in [2.75, 3.05) is 32.1 Å². The second kappa shape index (κ2) is 10.8. The number of methoxy groups -OCH3 is 1. The quantitative estimate of drug-likeness (QED) is 0.612. The molecule has 0 amide bonds. The van der Waals surface area contributed by atoms with Gasteiger partial charge in [-0.25, -0.2) is 9.97 Å². The molecule has 2 fully saturated rings. The summed E-state index contributed by atoms with van der Waals surface area (Å²) in [6.45, 7) is 7.54. The highest BCUT2D eigenvalue weighted by atomic mass is 16.5. The molecular formula is C26H41N5O. The number of nitrogens with two attached hydrogens (primary N) is 1. The lowest BCUT2D eigenvalue weighted by Gasteiger charge is -2.35. The van der Waals surface area contributed by atoms with Gasteiger partial charge in [0.15, 0.2) is 0 Å². The van der Waals surface area contributed by atoms with Gasteiger partial charge in [-0.2, -0.15) is 0 Å². The van der Waals surface area contributed by atoms with Gasteiger partial charge < -0.3 is 20.7 Å². The summed E-state index contributed by atoms with van der Waals surface area (Å²) in [7, 11) is 1.75. The third kappa shape index (κ3) is 5.34. The van der Waals surface area contributed by atoms with E-state index in [9.17, 15) is 0 Å². The number of anilines is 1. The fraction of sp³-hybridized carbons (Fsp3) is 0.692. The monoisotopic (exact) mass is 439 g/mol. The number of hydrogen-bond donors (Lipinski definition) is 2. The molecule has 0 spiro atoms. The average molecular weight is 440 g/mol. The fourth-order valence-corrected chi connectivity index (χ4v) is 5.30. The smallest absolute Gasteiger partial charge is 0.138 e. The lowest BCUT2D eigenvalue weighted by atomic mass is 9.88. The van der Waals surface area contributed by atoms with Crippen molar-refractivity contribution in [3.05, 3.63) is 23.5 Å². The zero-order valence-corrected chi connectivity index (χ0v) is 20.2. The van der Waals surface area contributed by atoms with Crippen LogP contribution in [0.2, 0.25) is 0 Å². The van der Waals surface area contributed by atoms with E-state index < -0.39 is 0 Å². The SMILES string of the molecule is COc1cc2c(NC3CCN(C(C)C)CC3)nc(C3CCCCC3)nc2cc1CCCN. The van der Waals surface area contributed by atoms with Gasteiger partial charge in [0.05, 0.1) is 12.6 Å². The molecule has 2 aromatic rings. The van der Waals surface area contributed by atoms with Gasteiger partial charge in [-0.3, -0.25) is 0 Å². The van der Waals surface area contributed by atoms with Crippen LogP contribution in [0.5, 0.6) is 5.75 Å². The number of hydrogen-bond acceptors (Lipinski definition) is 6. The number of aryl methyl sites for hydroxylation is 1. The molecule has 6 heteroatoms. The van der Waals surface area contributed by atoms with Crippen molar-refractivity contribution in [2.45, 2.75) is 89.6 Å². The zero-order chi connectivity index (χ0) is 22.5. The summed E-state index contributed by atoms with van der Waals surface area (Å²) in [5, 5.41) is 4.90. The minimum Gasteiger partial charge on any atom is -0.496 e. The number of aromatic nitrogens is 2. The van der Waals surface area contributed by atoms with Crippen LogP contribution in [0.3, 0.4) is 0 Å². The summed E-state index contributed by atoms with van der Waals surface area (Å²) in [6.07, 6.45) is 10.5. The molecule has 1 aliphatic carbocycles. The number of nitrogens with zero attached hydrogens (tertiary/aromatic N) is 3. The lowest BCUT2D eigenvalue weighted by Crippen LogP contribution is -2.42. The van der Waals surface area contributed by atoms with Crippen LogP contribution in [-0.4, -0.2) is 53.7 Å². The standard InChI is InChI=1S/C26H41N5O/c1-18(2)31-14-11-21(12-15-31)28-26-22-17-24(32-3)20(10-7-13-27)16-23(22)29-25(30-26)19-8-5-4-6-9-19/h16-19,21H,4-15,27H2,1-3H3,(H,28,29,30). The first-order valence-electron chi connectivity index (χ1n) is 12.7. The Morgan fingerprint density at radius 2 is 1.84 bits per heavy atom. The van der Waals surface area contributed by atoms with Crippen molar-refractivity contribution in [1.29, 1.82) is 0 Å². The minimum absolute atomic E-state index is 0.449. The maximum atomic E-state index is 5.78. The molecule has 176 valence electrons. The molecule has 2 heterocycles. The predicted octanol–water partition coefficient (Wildman–Crippen LogP) is 4.86. The maximum absolute atomic E-state index is 5.78. The number of benzene rings is 1. The first-order valence-corrected chi connectivity index (χ1v) is 12.7. The van der Waals surface area contributed by atoms with Crippen LogP contribution in [0.25, 0.3) is 10.9 Å². The Labute approximate surface area is 193 Å². The molecule has 3 N–H and O–H groups in total. The number of nitrogens with one attached hydrogen (secondary N) is 1. The Morgan fingerprint density at radius 1 is 1.09 bits per heavy atom. The Hall–Kier alpha value is -1.92. The molecule has 1 saturated heterocycles. The van der Waals surface area contributed by atoms with Crippen molar-refractivity contribution >= 4 is 16.7 Å². The van der Waals surface area contributed by atoms with Crippen LogP contribution < -0.4 is 15.8 Å². The van der Waals surface area contributed by atoms with Gasteiger partial charge in [0.2, 0.25) is 0 Å². The first kappa shape index (κ1) is 23.2. The summed E-state index contributed by atoms with van der Waals surface area (Å²) in [5.41, 5.74) is 8.01. The molecule has 4 rings (SSSR count). The molecule has 1 aromatic carbocycles. The predicted molar refractivity (Wildman–Crippen MR) is 133 cm³/mol. The van der Waals surface area contributed by atoms with Gasteiger partial charge in [0.25, 0.3) is 0 Å². The third-order valence-electron chi connectivity index (χ3n) is 7.34. The van der Waals surface area contributed by atoms with E-state index >= 15 is 0 Å². The van der Waals surface area contributed by atoms with Crippen molar-refractivity contribution in [3.63, 3.8) is 0 Å². The normalized spacial score (nSPS) is 19.0. The van der Waals surface area contributed by atoms with E-state index in [2.05, 4.69) is 36.2 Å². The molecule has 0 unspecified atom stereocenters. The van der Waals surface area contributed by atoms with Gasteiger partial charge in [0.1, 0.15) is 17.4 Å². The van der Waals surface area contributed by atoms with Gasteiger partial charge in [-0.1, -0.05) is 19.3 Å². The van der Waals surface area contributed by atoms with Crippen molar-refractivity contribution in [3.8, 4) is 5.75 Å². The molecule has 0 bridgehead atoms. The summed E-state index contributed by atoms with van der Waals surface area (Å²) >= 11 is 0. The largest absolute Gasteiger partial charge is 0.496 e. The molecule has 1 aliphatic heterocycles. The van der Waals surface area contributed by atoms with Gasteiger partial charge >= 0.3 is 0 Å². The highest BCUT2D eigenvalue weighted by molar-refractivity contribution is 5.91. The van der Waals surface area contributed by atoms with E-state index in [4.69, 9.17) is 20.4 Å². The van der Waals surface area contributed by atoms with Crippen LogP contribution in [0.4, 0.5) is 5.82 Å². The first-order chi connectivity index (χ1) is 15.6. The zero-order valence-electron chi connectivity index (χ0n) is 20.2. The maximum Gasteiger partial charge on any atom is 0.138 e. The topological polar surface area (TPSA) is 76.3 Å². The highest BCUT2D eigenvalue weighted by Gasteiger charge is 2.24. The van der Waals surface area contributed by atoms with Gasteiger partial charge in [0, 0.05) is 36.5 Å². The Balaban J connectivity index is 1.67. The van der Waals surface area contributed by atoms with Crippen LogP contribution in [0, 0.1) is 0 Å². The minimum atomic E-state index is 0.449. The van der Waals surface area contributed by atoms with E-state index in [0.29, 0.717) is 24.5 Å². The molecule has 32 heavy (non-hydrogen) atoms. The molecule has 6 nitrogen and oxygen atoms in total. The van der Waals surface area contributed by atoms with E-state index in [1.807, 2.05) is 0 Å². The van der Waals surface area contributed by atoms with E-state index in [1.54, 1.807) is 7.11 Å². The summed E-state index contributed by atoms with van der Waals surface area (Å²) in [6, 6.07) is 5.41. The third-order valence-corrected chi connectivity index (χ3v) is 7.34. The molecule has 1 saturated carbocycles. The molecule has 0 atom stereocenters. The van der Waals surface area contributed by atoms with E-state index in [0.717, 1.165) is 67.1 Å². The number of ether oxygens (including phenoxy) is 1. The molecule has 0 radical (unpaired) electrons.